The molecule has 0 radical (unpaired) electrons. The minimum Gasteiger partial charge on any atom is -0.481 e. The van der Waals surface area contributed by atoms with Gasteiger partial charge in [-0.2, -0.15) is 0 Å². The molecule has 0 saturated carbocycles. The molecule has 5 nitrogen and oxygen atoms in total. The van der Waals surface area contributed by atoms with Gasteiger partial charge in [-0.05, 0) is 32.3 Å². The Hall–Kier alpha value is -2.40. The second-order valence-corrected chi connectivity index (χ2v) is 7.96. The summed E-state index contributed by atoms with van der Waals surface area (Å²) in [6.07, 6.45) is 5.34. The number of amides is 1. The highest BCUT2D eigenvalue weighted by Crippen LogP contribution is 2.35. The van der Waals surface area contributed by atoms with E-state index >= 15 is 0 Å². The van der Waals surface area contributed by atoms with Gasteiger partial charge in [-0.25, -0.2) is 0 Å². The Morgan fingerprint density at radius 1 is 1.00 bits per heavy atom. The molecule has 1 amide bonds. The number of rotatable bonds is 5. The zero-order chi connectivity index (χ0) is 20.1. The number of allylic oxidation sites excluding steroid dienone is 2. The lowest BCUT2D eigenvalue weighted by atomic mass is 9.76. The van der Waals surface area contributed by atoms with Crippen molar-refractivity contribution in [1.29, 1.82) is 0 Å². The Morgan fingerprint density at radius 2 is 1.61 bits per heavy atom. The van der Waals surface area contributed by atoms with E-state index in [0.717, 1.165) is 25.2 Å². The van der Waals surface area contributed by atoms with Crippen LogP contribution in [0, 0.1) is 11.8 Å². The van der Waals surface area contributed by atoms with E-state index in [1.54, 1.807) is 0 Å². The molecule has 5 heteroatoms. The number of hydrogen-bond acceptors (Lipinski definition) is 3. The van der Waals surface area contributed by atoms with Gasteiger partial charge in [0.2, 0.25) is 5.91 Å². The molecule has 2 aliphatic rings. The summed E-state index contributed by atoms with van der Waals surface area (Å²) in [5.41, 5.74) is 3.47. The van der Waals surface area contributed by atoms with Gasteiger partial charge in [0.25, 0.3) is 0 Å². The van der Waals surface area contributed by atoms with Crippen LogP contribution in [-0.4, -0.2) is 59.5 Å². The average Bonchev–Trinajstić information content (AvgIpc) is 2.70. The maximum Gasteiger partial charge on any atom is 0.307 e. The average molecular weight is 383 g/mol. The fourth-order valence-corrected chi connectivity index (χ4v) is 4.10. The van der Waals surface area contributed by atoms with Crippen LogP contribution in [0.2, 0.25) is 0 Å². The number of nitrogens with zero attached hydrogens (tertiary/aromatic N) is 2. The van der Waals surface area contributed by atoms with Crippen LogP contribution in [0.5, 0.6) is 0 Å². The highest BCUT2D eigenvalue weighted by molar-refractivity contribution is 5.85. The van der Waals surface area contributed by atoms with Gasteiger partial charge in [-0.1, -0.05) is 53.6 Å². The lowest BCUT2D eigenvalue weighted by Crippen LogP contribution is -2.52. The van der Waals surface area contributed by atoms with Crippen LogP contribution >= 0.6 is 0 Å². The van der Waals surface area contributed by atoms with E-state index in [1.165, 1.54) is 11.1 Å². The Bertz CT molecular complexity index is 761. The predicted molar refractivity (Wildman–Crippen MR) is 111 cm³/mol. The third kappa shape index (κ3) is 4.90. The first kappa shape index (κ1) is 20.3. The lowest BCUT2D eigenvalue weighted by Gasteiger charge is -2.38. The second-order valence-electron chi connectivity index (χ2n) is 7.96. The third-order valence-electron chi connectivity index (χ3n) is 6.06. The zero-order valence-electron chi connectivity index (χ0n) is 16.8. The molecule has 0 spiro atoms. The predicted octanol–water partition coefficient (Wildman–Crippen LogP) is 3.29. The smallest absolute Gasteiger partial charge is 0.307 e. The quantitative estimate of drug-likeness (QED) is 0.794. The van der Waals surface area contributed by atoms with Crippen molar-refractivity contribution in [3.63, 3.8) is 0 Å². The molecule has 150 valence electrons. The van der Waals surface area contributed by atoms with Gasteiger partial charge in [-0.15, -0.1) is 0 Å². The van der Waals surface area contributed by atoms with Crippen LogP contribution in [0.25, 0.3) is 6.08 Å². The van der Waals surface area contributed by atoms with Gasteiger partial charge in [0.15, 0.2) is 0 Å². The number of piperazine rings is 1. The maximum atomic E-state index is 13.0. The molecule has 1 saturated heterocycles. The van der Waals surface area contributed by atoms with E-state index in [2.05, 4.69) is 29.2 Å². The summed E-state index contributed by atoms with van der Waals surface area (Å²) in [7, 11) is 0. The Morgan fingerprint density at radius 3 is 2.21 bits per heavy atom. The first-order chi connectivity index (χ1) is 13.5. The first-order valence-electron chi connectivity index (χ1n) is 10.1. The van der Waals surface area contributed by atoms with Gasteiger partial charge in [-0.3, -0.25) is 14.5 Å². The summed E-state index contributed by atoms with van der Waals surface area (Å²) in [6, 6.07) is 10.2. The van der Waals surface area contributed by atoms with Crippen molar-refractivity contribution < 1.29 is 14.7 Å². The minimum absolute atomic E-state index is 0.0127. The standard InChI is InChI=1S/C23H30N2O3/c1-17-15-20(21(23(27)28)16-18(17)2)22(26)25-13-11-24(12-14-25)10-6-9-19-7-4-3-5-8-19/h3-9,20-21H,10-16H2,1-2H3,(H,27,28)/b9-6+/t20-,21-/m1/s1. The second kappa shape index (κ2) is 9.20. The van der Waals surface area contributed by atoms with Crippen LogP contribution in [0.1, 0.15) is 32.3 Å². The van der Waals surface area contributed by atoms with Crippen molar-refractivity contribution >= 4 is 18.0 Å². The van der Waals surface area contributed by atoms with Crippen molar-refractivity contribution in [1.82, 2.24) is 9.80 Å². The number of carboxylic acids is 1. The van der Waals surface area contributed by atoms with Crippen molar-refractivity contribution in [3.05, 3.63) is 53.1 Å². The number of carboxylic acid groups (broad SMARTS) is 1. The van der Waals surface area contributed by atoms with E-state index in [0.29, 0.717) is 25.9 Å². The van der Waals surface area contributed by atoms with Crippen molar-refractivity contribution in [2.24, 2.45) is 11.8 Å². The van der Waals surface area contributed by atoms with Gasteiger partial charge >= 0.3 is 5.97 Å². The summed E-state index contributed by atoms with van der Waals surface area (Å²) in [4.78, 5) is 28.9. The summed E-state index contributed by atoms with van der Waals surface area (Å²) in [6.45, 7) is 7.84. The van der Waals surface area contributed by atoms with Crippen LogP contribution < -0.4 is 0 Å². The number of aliphatic carboxylic acids is 1. The van der Waals surface area contributed by atoms with E-state index in [1.807, 2.05) is 36.9 Å². The third-order valence-corrected chi connectivity index (χ3v) is 6.06. The molecule has 2 atom stereocenters. The molecule has 0 unspecified atom stereocenters. The molecule has 1 heterocycles. The molecule has 1 aromatic carbocycles. The van der Waals surface area contributed by atoms with Gasteiger partial charge in [0.1, 0.15) is 0 Å². The van der Waals surface area contributed by atoms with Crippen LogP contribution in [0.3, 0.4) is 0 Å². The number of carbonyl (C=O) groups is 2. The molecule has 1 aliphatic carbocycles. The van der Waals surface area contributed by atoms with Crippen molar-refractivity contribution in [2.45, 2.75) is 26.7 Å². The van der Waals surface area contributed by atoms with E-state index in [4.69, 9.17) is 0 Å². The minimum atomic E-state index is -0.852. The normalized spacial score (nSPS) is 24.0. The summed E-state index contributed by atoms with van der Waals surface area (Å²) in [5.74, 6) is -1.86. The maximum absolute atomic E-state index is 13.0. The molecule has 28 heavy (non-hydrogen) atoms. The van der Waals surface area contributed by atoms with Crippen molar-refractivity contribution in [3.8, 4) is 0 Å². The SMILES string of the molecule is CC1=C(C)C[C@@H](C(=O)N2CCN(C/C=C/c3ccccc3)CC2)[C@H](C(=O)O)C1. The molecule has 1 aliphatic heterocycles. The molecule has 0 bridgehead atoms. The zero-order valence-corrected chi connectivity index (χ0v) is 16.8. The Balaban J connectivity index is 1.53. The van der Waals surface area contributed by atoms with E-state index in [-0.39, 0.29) is 5.91 Å². The molecular formula is C23H30N2O3. The topological polar surface area (TPSA) is 60.9 Å². The van der Waals surface area contributed by atoms with Crippen molar-refractivity contribution in [2.75, 3.05) is 32.7 Å². The van der Waals surface area contributed by atoms with Gasteiger partial charge in [0.05, 0.1) is 11.8 Å². The van der Waals surface area contributed by atoms with Crippen LogP contribution in [-0.2, 0) is 9.59 Å². The molecule has 3 rings (SSSR count). The monoisotopic (exact) mass is 382 g/mol. The fraction of sp³-hybridized carbons (Fsp3) is 0.478. The molecule has 1 fully saturated rings. The first-order valence-corrected chi connectivity index (χ1v) is 10.1. The highest BCUT2D eigenvalue weighted by Gasteiger charge is 2.39. The summed E-state index contributed by atoms with van der Waals surface area (Å²) >= 11 is 0. The van der Waals surface area contributed by atoms with Crippen LogP contribution in [0.15, 0.2) is 47.6 Å². The van der Waals surface area contributed by atoms with Gasteiger partial charge in [0, 0.05) is 32.7 Å². The Kier molecular flexibility index (Phi) is 6.68. The lowest BCUT2D eigenvalue weighted by molar-refractivity contribution is -0.151. The molecule has 1 aromatic rings. The molecule has 0 aromatic heterocycles. The van der Waals surface area contributed by atoms with E-state index in [9.17, 15) is 14.7 Å². The number of benzene rings is 1. The summed E-state index contributed by atoms with van der Waals surface area (Å²) < 4.78 is 0. The summed E-state index contributed by atoms with van der Waals surface area (Å²) in [5, 5.41) is 9.58. The molecular weight excluding hydrogens is 352 g/mol. The Labute approximate surface area is 167 Å². The van der Waals surface area contributed by atoms with E-state index < -0.39 is 17.8 Å². The van der Waals surface area contributed by atoms with Crippen LogP contribution in [0.4, 0.5) is 0 Å². The highest BCUT2D eigenvalue weighted by atomic mass is 16.4. The largest absolute Gasteiger partial charge is 0.481 e. The molecule has 1 N–H and O–H groups in total. The fourth-order valence-electron chi connectivity index (χ4n) is 4.10. The number of carbonyl (C=O) groups excluding carboxylic acids is 1. The number of hydrogen-bond donors (Lipinski definition) is 1. The van der Waals surface area contributed by atoms with Gasteiger partial charge < -0.3 is 10.0 Å².